The summed E-state index contributed by atoms with van der Waals surface area (Å²) < 4.78 is 13.3. The Morgan fingerprint density at radius 1 is 0.850 bits per heavy atom. The third-order valence-electron chi connectivity index (χ3n) is 7.34. The first-order valence-corrected chi connectivity index (χ1v) is 21.2. The number of hydrogen-bond donors (Lipinski definition) is 1. The lowest BCUT2D eigenvalue weighted by Crippen LogP contribution is -2.24. The number of hydrogen-bond acceptors (Lipinski definition) is 3. The summed E-state index contributed by atoms with van der Waals surface area (Å²) in [5.41, 5.74) is 5.48. The molecule has 2 aromatic rings. The molecular formula is C33H54ClNO3Si2. The second-order valence-corrected chi connectivity index (χ2v) is 18.6. The van der Waals surface area contributed by atoms with Crippen molar-refractivity contribution in [3.63, 3.8) is 0 Å². The summed E-state index contributed by atoms with van der Waals surface area (Å²) in [4.78, 5) is 12.9. The SMILES string of the molecule is CCC(c1ccc(C(C)(C)C)cc1O[SiH](C)C)C(CC)c1ccc(C(C)(C)C)c(NC(=O)CCCl)c1O[SiH](C)C. The number of carbonyl (C=O) groups excluding carboxylic acids is 1. The molecule has 0 aromatic heterocycles. The molecule has 0 saturated heterocycles. The monoisotopic (exact) mass is 603 g/mol. The number of rotatable bonds is 12. The summed E-state index contributed by atoms with van der Waals surface area (Å²) in [6.07, 6.45) is 2.18. The molecule has 224 valence electrons. The van der Waals surface area contributed by atoms with Gasteiger partial charge in [0.05, 0.1) is 5.69 Å². The Kier molecular flexibility index (Phi) is 12.4. The van der Waals surface area contributed by atoms with Crippen molar-refractivity contribution < 1.29 is 13.6 Å². The van der Waals surface area contributed by atoms with Crippen LogP contribution in [0.2, 0.25) is 26.2 Å². The molecule has 40 heavy (non-hydrogen) atoms. The van der Waals surface area contributed by atoms with Gasteiger partial charge in [-0.05, 0) is 90.0 Å². The zero-order valence-electron chi connectivity index (χ0n) is 27.1. The fraction of sp³-hybridized carbons (Fsp3) is 0.606. The van der Waals surface area contributed by atoms with Crippen LogP contribution in [0.15, 0.2) is 30.3 Å². The van der Waals surface area contributed by atoms with Gasteiger partial charge in [-0.1, -0.05) is 79.7 Å². The number of benzene rings is 2. The Morgan fingerprint density at radius 3 is 1.88 bits per heavy atom. The predicted molar refractivity (Wildman–Crippen MR) is 179 cm³/mol. The van der Waals surface area contributed by atoms with Gasteiger partial charge < -0.3 is 14.2 Å². The molecule has 2 atom stereocenters. The molecule has 0 heterocycles. The van der Waals surface area contributed by atoms with Crippen LogP contribution in [0.25, 0.3) is 0 Å². The van der Waals surface area contributed by atoms with E-state index in [-0.39, 0.29) is 40.9 Å². The lowest BCUT2D eigenvalue weighted by Gasteiger charge is -2.34. The minimum atomic E-state index is -1.51. The molecule has 0 aliphatic rings. The largest absolute Gasteiger partial charge is 0.547 e. The molecule has 0 saturated carbocycles. The van der Waals surface area contributed by atoms with Gasteiger partial charge >= 0.3 is 0 Å². The van der Waals surface area contributed by atoms with Crippen molar-refractivity contribution in [1.29, 1.82) is 0 Å². The average molecular weight is 604 g/mol. The van der Waals surface area contributed by atoms with Crippen LogP contribution in [-0.2, 0) is 15.6 Å². The number of alkyl halides is 1. The molecule has 0 bridgehead atoms. The number of amides is 1. The number of carbonyl (C=O) groups is 1. The molecule has 0 aliphatic carbocycles. The maximum absolute atomic E-state index is 12.9. The number of halogens is 1. The van der Waals surface area contributed by atoms with Crippen molar-refractivity contribution in [2.45, 2.75) is 124 Å². The first-order chi connectivity index (χ1) is 18.5. The van der Waals surface area contributed by atoms with E-state index in [2.05, 4.69) is 117 Å². The van der Waals surface area contributed by atoms with Crippen molar-refractivity contribution in [2.24, 2.45) is 0 Å². The van der Waals surface area contributed by atoms with Gasteiger partial charge in [-0.25, -0.2) is 0 Å². The van der Waals surface area contributed by atoms with Crippen LogP contribution < -0.4 is 14.2 Å². The molecule has 7 heteroatoms. The summed E-state index contributed by atoms with van der Waals surface area (Å²) in [5.74, 6) is 2.51. The Bertz CT molecular complexity index is 1140. The van der Waals surface area contributed by atoms with Crippen LogP contribution >= 0.6 is 11.6 Å². The van der Waals surface area contributed by atoms with Crippen molar-refractivity contribution in [1.82, 2.24) is 0 Å². The van der Waals surface area contributed by atoms with Gasteiger partial charge in [-0.2, -0.15) is 0 Å². The number of nitrogens with one attached hydrogen (secondary N) is 1. The molecule has 4 nitrogen and oxygen atoms in total. The highest BCUT2D eigenvalue weighted by atomic mass is 35.5. The highest BCUT2D eigenvalue weighted by Gasteiger charge is 2.32. The Morgan fingerprint density at radius 2 is 1.40 bits per heavy atom. The summed E-state index contributed by atoms with van der Waals surface area (Å²) in [7, 11) is -2.84. The Balaban J connectivity index is 2.83. The standard InChI is InChI=1S/C33H54ClNO3Si2/c1-13-23(25-16-15-22(32(3,4)5)21-28(25)37-39(9)10)24(14-2)26-17-18-27(33(6,7)8)30(31(26)38-40(11)12)35-29(36)19-20-34/h15-18,21,23-24,39-40H,13-14,19-20H2,1-12H3,(H,35,36). The van der Waals surface area contributed by atoms with Crippen molar-refractivity contribution >= 4 is 41.3 Å². The van der Waals surface area contributed by atoms with Gasteiger partial charge in [-0.3, -0.25) is 4.79 Å². The summed E-state index contributed by atoms with van der Waals surface area (Å²) in [5, 5.41) is 3.22. The van der Waals surface area contributed by atoms with E-state index in [4.69, 9.17) is 20.5 Å². The first kappa shape index (κ1) is 34.4. The zero-order chi connectivity index (χ0) is 30.4. The van der Waals surface area contributed by atoms with E-state index in [0.29, 0.717) is 0 Å². The van der Waals surface area contributed by atoms with Gasteiger partial charge in [0, 0.05) is 12.3 Å². The Labute approximate surface area is 253 Å². The highest BCUT2D eigenvalue weighted by Crippen LogP contribution is 2.49. The third-order valence-corrected chi connectivity index (χ3v) is 8.96. The van der Waals surface area contributed by atoms with Crippen LogP contribution in [0.3, 0.4) is 0 Å². The fourth-order valence-corrected chi connectivity index (χ4v) is 7.00. The summed E-state index contributed by atoms with van der Waals surface area (Å²) in [6.45, 7) is 26.6. The maximum Gasteiger partial charge on any atom is 0.229 e. The van der Waals surface area contributed by atoms with E-state index < -0.39 is 18.1 Å². The first-order valence-electron chi connectivity index (χ1n) is 15.1. The lowest BCUT2D eigenvalue weighted by molar-refractivity contribution is -0.115. The normalized spacial score (nSPS) is 13.9. The van der Waals surface area contributed by atoms with E-state index >= 15 is 0 Å². The van der Waals surface area contributed by atoms with Gasteiger partial charge in [0.2, 0.25) is 24.0 Å². The van der Waals surface area contributed by atoms with Crippen LogP contribution in [0.4, 0.5) is 5.69 Å². The molecule has 0 fully saturated rings. The van der Waals surface area contributed by atoms with E-state index in [1.54, 1.807) is 0 Å². The summed E-state index contributed by atoms with van der Waals surface area (Å²) in [6, 6.07) is 11.3. The number of anilines is 1. The van der Waals surface area contributed by atoms with E-state index in [1.165, 1.54) is 11.1 Å². The van der Waals surface area contributed by atoms with Gasteiger partial charge in [0.15, 0.2) is 0 Å². The Hall–Kier alpha value is -1.77. The molecule has 1 amide bonds. The van der Waals surface area contributed by atoms with Crippen molar-refractivity contribution in [3.8, 4) is 11.5 Å². The molecule has 0 spiro atoms. The smallest absolute Gasteiger partial charge is 0.229 e. The van der Waals surface area contributed by atoms with Crippen molar-refractivity contribution in [3.05, 3.63) is 52.6 Å². The van der Waals surface area contributed by atoms with Gasteiger partial charge in [0.1, 0.15) is 11.5 Å². The second kappa shape index (κ2) is 14.4. The quantitative estimate of drug-likeness (QED) is 0.194. The van der Waals surface area contributed by atoms with Crippen LogP contribution in [0.1, 0.15) is 109 Å². The molecule has 2 aromatic carbocycles. The van der Waals surface area contributed by atoms with Crippen LogP contribution in [-0.4, -0.2) is 29.9 Å². The van der Waals surface area contributed by atoms with E-state index in [0.717, 1.165) is 41.2 Å². The molecule has 2 rings (SSSR count). The lowest BCUT2D eigenvalue weighted by atomic mass is 9.75. The minimum absolute atomic E-state index is 0.0445. The van der Waals surface area contributed by atoms with E-state index in [9.17, 15) is 4.79 Å². The molecule has 0 radical (unpaired) electrons. The van der Waals surface area contributed by atoms with Crippen LogP contribution in [0, 0.1) is 0 Å². The van der Waals surface area contributed by atoms with Crippen LogP contribution in [0.5, 0.6) is 11.5 Å². The maximum atomic E-state index is 12.9. The predicted octanol–water partition coefficient (Wildman–Crippen LogP) is 9.26. The van der Waals surface area contributed by atoms with E-state index in [1.807, 2.05) is 0 Å². The molecule has 2 unspecified atom stereocenters. The summed E-state index contributed by atoms with van der Waals surface area (Å²) >= 11 is 5.94. The van der Waals surface area contributed by atoms with Gasteiger partial charge in [0.25, 0.3) is 0 Å². The fourth-order valence-electron chi connectivity index (χ4n) is 5.40. The minimum Gasteiger partial charge on any atom is -0.547 e. The molecular weight excluding hydrogens is 550 g/mol. The molecule has 1 N–H and O–H groups in total. The van der Waals surface area contributed by atoms with Crippen molar-refractivity contribution in [2.75, 3.05) is 11.2 Å². The highest BCUT2D eigenvalue weighted by molar-refractivity contribution is 6.49. The van der Waals surface area contributed by atoms with Gasteiger partial charge in [-0.15, -0.1) is 11.6 Å². The average Bonchev–Trinajstić information content (AvgIpc) is 2.82. The topological polar surface area (TPSA) is 47.6 Å². The molecule has 0 aliphatic heterocycles. The second-order valence-electron chi connectivity index (χ2n) is 13.5. The third kappa shape index (κ3) is 8.86. The zero-order valence-corrected chi connectivity index (χ0v) is 30.2.